The molecule has 1 aromatic carbocycles. The summed E-state index contributed by atoms with van der Waals surface area (Å²) in [6.45, 7) is 0.848. The molecule has 0 radical (unpaired) electrons. The van der Waals surface area contributed by atoms with E-state index >= 15 is 0 Å². The van der Waals surface area contributed by atoms with Crippen LogP contribution in [-0.2, 0) is 4.74 Å². The van der Waals surface area contributed by atoms with Gasteiger partial charge in [0.15, 0.2) is 17.5 Å². The number of carbonyl (C=O) groups excluding carboxylic acids is 2. The Labute approximate surface area is 147 Å². The van der Waals surface area contributed by atoms with Crippen LogP contribution < -0.4 is 10.6 Å². The van der Waals surface area contributed by atoms with Crippen LogP contribution in [0.5, 0.6) is 0 Å². The highest BCUT2D eigenvalue weighted by atomic mass is 19.2. The molecule has 1 heterocycles. The fourth-order valence-electron chi connectivity index (χ4n) is 2.01. The molecule has 1 aromatic heterocycles. The van der Waals surface area contributed by atoms with E-state index < -0.39 is 35.0 Å². The molecule has 0 aliphatic rings. The van der Waals surface area contributed by atoms with E-state index in [0.29, 0.717) is 25.6 Å². The summed E-state index contributed by atoms with van der Waals surface area (Å²) in [5, 5.41) is 4.70. The maximum Gasteiger partial charge on any atom is 0.274 e. The molecule has 0 unspecified atom stereocenters. The van der Waals surface area contributed by atoms with Gasteiger partial charge in [-0.2, -0.15) is 0 Å². The average Bonchev–Trinajstić information content (AvgIpc) is 2.65. The summed E-state index contributed by atoms with van der Waals surface area (Å²) in [7, 11) is 1.54. The third kappa shape index (κ3) is 4.79. The van der Waals surface area contributed by atoms with Gasteiger partial charge in [0.25, 0.3) is 11.8 Å². The number of hydrogen-bond acceptors (Lipinski definition) is 4. The van der Waals surface area contributed by atoms with Gasteiger partial charge in [-0.25, -0.2) is 18.2 Å². The number of nitrogens with one attached hydrogen (secondary N) is 2. The van der Waals surface area contributed by atoms with Gasteiger partial charge in [-0.3, -0.25) is 9.59 Å². The summed E-state index contributed by atoms with van der Waals surface area (Å²) in [6.07, 6.45) is 0.609. The number of pyridine rings is 1. The van der Waals surface area contributed by atoms with Gasteiger partial charge in [0.05, 0.1) is 5.69 Å². The van der Waals surface area contributed by atoms with E-state index in [4.69, 9.17) is 4.74 Å². The molecule has 0 spiro atoms. The van der Waals surface area contributed by atoms with E-state index in [1.54, 1.807) is 7.11 Å². The van der Waals surface area contributed by atoms with Crippen LogP contribution in [0.15, 0.2) is 30.3 Å². The number of rotatable bonds is 7. The minimum absolute atomic E-state index is 0.0131. The van der Waals surface area contributed by atoms with Gasteiger partial charge < -0.3 is 15.4 Å². The summed E-state index contributed by atoms with van der Waals surface area (Å²) >= 11 is 0. The Morgan fingerprint density at radius 2 is 1.73 bits per heavy atom. The minimum Gasteiger partial charge on any atom is -0.385 e. The van der Waals surface area contributed by atoms with Crippen molar-refractivity contribution in [3.8, 4) is 0 Å². The maximum absolute atomic E-state index is 13.6. The van der Waals surface area contributed by atoms with Gasteiger partial charge in [0.1, 0.15) is 11.4 Å². The van der Waals surface area contributed by atoms with Gasteiger partial charge >= 0.3 is 0 Å². The molecule has 9 heteroatoms. The number of benzene rings is 1. The SMILES string of the molecule is COCCCNC(=O)c1cccc(C(=O)Nc2ccc(F)c(F)c2F)n1. The van der Waals surface area contributed by atoms with Crippen LogP contribution in [0, 0.1) is 17.5 Å². The molecule has 138 valence electrons. The molecule has 2 rings (SSSR count). The van der Waals surface area contributed by atoms with Crippen LogP contribution in [0.2, 0.25) is 0 Å². The van der Waals surface area contributed by atoms with Crippen molar-refractivity contribution in [3.05, 3.63) is 59.2 Å². The zero-order valence-electron chi connectivity index (χ0n) is 13.8. The number of halogens is 3. The Balaban J connectivity index is 2.08. The van der Waals surface area contributed by atoms with Crippen LogP contribution in [0.3, 0.4) is 0 Å². The van der Waals surface area contributed by atoms with E-state index in [-0.39, 0.29) is 11.4 Å². The second kappa shape index (κ2) is 8.95. The third-order valence-electron chi connectivity index (χ3n) is 3.31. The summed E-state index contributed by atoms with van der Waals surface area (Å²) < 4.78 is 44.6. The van der Waals surface area contributed by atoms with E-state index in [0.717, 1.165) is 6.07 Å². The topological polar surface area (TPSA) is 80.3 Å². The quantitative estimate of drug-likeness (QED) is 0.582. The smallest absolute Gasteiger partial charge is 0.274 e. The second-order valence-corrected chi connectivity index (χ2v) is 5.19. The summed E-state index contributed by atoms with van der Waals surface area (Å²) in [6, 6.07) is 5.70. The van der Waals surface area contributed by atoms with Gasteiger partial charge in [-0.1, -0.05) is 6.07 Å². The predicted octanol–water partition coefficient (Wildman–Crippen LogP) is 2.52. The summed E-state index contributed by atoms with van der Waals surface area (Å²) in [5.74, 6) is -5.95. The number of ether oxygens (including phenoxy) is 1. The molecule has 0 saturated heterocycles. The number of carbonyl (C=O) groups is 2. The van der Waals surface area contributed by atoms with Gasteiger partial charge in [-0.05, 0) is 30.7 Å². The standard InChI is InChI=1S/C17H16F3N3O3/c1-26-9-3-8-21-16(24)12-4-2-5-13(22-12)17(25)23-11-7-6-10(18)14(19)15(11)20/h2,4-7H,3,8-9H2,1H3,(H,21,24)(H,23,25). The molecule has 6 nitrogen and oxygen atoms in total. The third-order valence-corrected chi connectivity index (χ3v) is 3.31. The van der Waals surface area contributed by atoms with E-state index in [2.05, 4.69) is 15.6 Å². The van der Waals surface area contributed by atoms with E-state index in [1.165, 1.54) is 18.2 Å². The number of aromatic nitrogens is 1. The first-order chi connectivity index (χ1) is 12.4. The molecule has 26 heavy (non-hydrogen) atoms. The monoisotopic (exact) mass is 367 g/mol. The fourth-order valence-corrected chi connectivity index (χ4v) is 2.01. The first-order valence-electron chi connectivity index (χ1n) is 7.63. The van der Waals surface area contributed by atoms with Crippen LogP contribution in [-0.4, -0.2) is 37.1 Å². The number of anilines is 1. The Hall–Kier alpha value is -2.94. The van der Waals surface area contributed by atoms with Crippen LogP contribution in [0.25, 0.3) is 0 Å². The normalized spacial score (nSPS) is 10.5. The Morgan fingerprint density at radius 1 is 1.04 bits per heavy atom. The van der Waals surface area contributed by atoms with E-state index in [1.807, 2.05) is 0 Å². The molecule has 0 aliphatic heterocycles. The lowest BCUT2D eigenvalue weighted by atomic mass is 10.2. The number of hydrogen-bond donors (Lipinski definition) is 2. The molecule has 0 atom stereocenters. The minimum atomic E-state index is -1.69. The van der Waals surface area contributed by atoms with Crippen molar-refractivity contribution in [1.82, 2.24) is 10.3 Å². The first kappa shape index (κ1) is 19.4. The van der Waals surface area contributed by atoms with Crippen LogP contribution in [0.1, 0.15) is 27.4 Å². The molecule has 2 amide bonds. The largest absolute Gasteiger partial charge is 0.385 e. The van der Waals surface area contributed by atoms with Crippen molar-refractivity contribution in [1.29, 1.82) is 0 Å². The maximum atomic E-state index is 13.6. The molecule has 0 saturated carbocycles. The van der Waals surface area contributed by atoms with E-state index in [9.17, 15) is 22.8 Å². The molecule has 2 N–H and O–H groups in total. The highest BCUT2D eigenvalue weighted by molar-refractivity contribution is 6.03. The highest BCUT2D eigenvalue weighted by Gasteiger charge is 2.17. The molecule has 0 bridgehead atoms. The highest BCUT2D eigenvalue weighted by Crippen LogP contribution is 2.20. The first-order valence-corrected chi connectivity index (χ1v) is 7.63. The van der Waals surface area contributed by atoms with Crippen LogP contribution >= 0.6 is 0 Å². The van der Waals surface area contributed by atoms with Crippen molar-refractivity contribution in [2.24, 2.45) is 0 Å². The lowest BCUT2D eigenvalue weighted by Crippen LogP contribution is -2.27. The predicted molar refractivity (Wildman–Crippen MR) is 87.3 cm³/mol. The molecule has 0 fully saturated rings. The van der Waals surface area contributed by atoms with Gasteiger partial charge in [0.2, 0.25) is 0 Å². The molecule has 0 aliphatic carbocycles. The zero-order chi connectivity index (χ0) is 19.1. The summed E-state index contributed by atoms with van der Waals surface area (Å²) in [4.78, 5) is 28.0. The average molecular weight is 367 g/mol. The lowest BCUT2D eigenvalue weighted by molar-refractivity contribution is 0.0943. The Morgan fingerprint density at radius 3 is 2.42 bits per heavy atom. The zero-order valence-corrected chi connectivity index (χ0v) is 13.8. The number of nitrogens with zero attached hydrogens (tertiary/aromatic N) is 1. The van der Waals surface area contributed by atoms with Crippen molar-refractivity contribution in [2.45, 2.75) is 6.42 Å². The van der Waals surface area contributed by atoms with Crippen LogP contribution in [0.4, 0.5) is 18.9 Å². The molecular weight excluding hydrogens is 351 g/mol. The Bertz CT molecular complexity index is 815. The number of amides is 2. The molecular formula is C17H16F3N3O3. The number of methoxy groups -OCH3 is 1. The van der Waals surface area contributed by atoms with Gasteiger partial charge in [-0.15, -0.1) is 0 Å². The fraction of sp³-hybridized carbons (Fsp3) is 0.235. The second-order valence-electron chi connectivity index (χ2n) is 5.19. The van der Waals surface area contributed by atoms with Crippen molar-refractivity contribution in [3.63, 3.8) is 0 Å². The van der Waals surface area contributed by atoms with Crippen molar-refractivity contribution < 1.29 is 27.5 Å². The summed E-state index contributed by atoms with van der Waals surface area (Å²) in [5.41, 5.74) is -0.732. The molecule has 2 aromatic rings. The Kier molecular flexibility index (Phi) is 6.67. The lowest BCUT2D eigenvalue weighted by Gasteiger charge is -2.08. The van der Waals surface area contributed by atoms with Gasteiger partial charge in [0, 0.05) is 20.3 Å². The van der Waals surface area contributed by atoms with Crippen molar-refractivity contribution >= 4 is 17.5 Å². The van der Waals surface area contributed by atoms with Crippen molar-refractivity contribution in [2.75, 3.05) is 25.6 Å².